The van der Waals surface area contributed by atoms with Crippen molar-refractivity contribution in [3.63, 3.8) is 0 Å². The standard InChI is InChI=1S/C18H29N3OS/c1-18(2,3)20-10-9-19-17(22)16(15-7-5-4-6-8-15)21-11-13-23-14-12-21/h4-8,16,20H,9-14H2,1-3H3,(H,19,22). The Bertz CT molecular complexity index is 481. The first kappa shape index (κ1) is 18.3. The molecule has 1 aromatic carbocycles. The average molecular weight is 336 g/mol. The summed E-state index contributed by atoms with van der Waals surface area (Å²) in [6, 6.07) is 9.95. The van der Waals surface area contributed by atoms with E-state index in [4.69, 9.17) is 0 Å². The summed E-state index contributed by atoms with van der Waals surface area (Å²) >= 11 is 1.96. The number of rotatable bonds is 6. The molecule has 23 heavy (non-hydrogen) atoms. The number of nitrogens with zero attached hydrogens (tertiary/aromatic N) is 1. The fourth-order valence-corrected chi connectivity index (χ4v) is 3.65. The topological polar surface area (TPSA) is 44.4 Å². The van der Waals surface area contributed by atoms with Crippen molar-refractivity contribution < 1.29 is 4.79 Å². The molecule has 4 nitrogen and oxygen atoms in total. The van der Waals surface area contributed by atoms with Crippen LogP contribution >= 0.6 is 11.8 Å². The predicted octanol–water partition coefficient (Wildman–Crippen LogP) is 2.28. The smallest absolute Gasteiger partial charge is 0.242 e. The van der Waals surface area contributed by atoms with E-state index >= 15 is 0 Å². The van der Waals surface area contributed by atoms with Crippen LogP contribution in [0.25, 0.3) is 0 Å². The zero-order chi connectivity index (χ0) is 16.7. The molecule has 1 fully saturated rings. The lowest BCUT2D eigenvalue weighted by atomic mass is 10.0. The second-order valence-electron chi connectivity index (χ2n) is 6.93. The van der Waals surface area contributed by atoms with Crippen LogP contribution in [0.15, 0.2) is 30.3 Å². The number of hydrogen-bond acceptors (Lipinski definition) is 4. The number of thioether (sulfide) groups is 1. The molecule has 1 amide bonds. The van der Waals surface area contributed by atoms with Gasteiger partial charge in [-0.3, -0.25) is 9.69 Å². The number of amides is 1. The normalized spacial score (nSPS) is 17.7. The second-order valence-corrected chi connectivity index (χ2v) is 8.15. The zero-order valence-electron chi connectivity index (χ0n) is 14.5. The van der Waals surface area contributed by atoms with E-state index in [1.54, 1.807) is 0 Å². The summed E-state index contributed by atoms with van der Waals surface area (Å²) in [5.74, 6) is 2.31. The molecule has 1 heterocycles. The van der Waals surface area contributed by atoms with Crippen LogP contribution < -0.4 is 10.6 Å². The van der Waals surface area contributed by atoms with Gasteiger partial charge in [0.05, 0.1) is 0 Å². The molecule has 0 saturated carbocycles. The summed E-state index contributed by atoms with van der Waals surface area (Å²) < 4.78 is 0. The van der Waals surface area contributed by atoms with E-state index in [2.05, 4.69) is 48.4 Å². The first-order chi connectivity index (χ1) is 11.0. The van der Waals surface area contributed by atoms with Crippen molar-refractivity contribution in [2.45, 2.75) is 32.4 Å². The minimum atomic E-state index is -0.174. The maximum atomic E-state index is 12.8. The molecule has 1 unspecified atom stereocenters. The van der Waals surface area contributed by atoms with Gasteiger partial charge in [0.25, 0.3) is 0 Å². The van der Waals surface area contributed by atoms with Crippen LogP contribution in [-0.2, 0) is 4.79 Å². The van der Waals surface area contributed by atoms with Gasteiger partial charge in [-0.25, -0.2) is 0 Å². The molecule has 5 heteroatoms. The van der Waals surface area contributed by atoms with E-state index in [9.17, 15) is 4.79 Å². The number of carbonyl (C=O) groups excluding carboxylic acids is 1. The van der Waals surface area contributed by atoms with E-state index < -0.39 is 0 Å². The molecule has 1 aromatic rings. The molecule has 0 aliphatic carbocycles. The minimum Gasteiger partial charge on any atom is -0.353 e. The Hall–Kier alpha value is -1.04. The number of nitrogens with one attached hydrogen (secondary N) is 2. The van der Waals surface area contributed by atoms with Crippen molar-refractivity contribution >= 4 is 17.7 Å². The molecular weight excluding hydrogens is 306 g/mol. The van der Waals surface area contributed by atoms with E-state index in [0.29, 0.717) is 6.54 Å². The molecule has 0 spiro atoms. The monoisotopic (exact) mass is 335 g/mol. The van der Waals surface area contributed by atoms with Crippen molar-refractivity contribution in [2.24, 2.45) is 0 Å². The van der Waals surface area contributed by atoms with Crippen LogP contribution in [0.1, 0.15) is 32.4 Å². The Balaban J connectivity index is 1.97. The number of benzene rings is 1. The third-order valence-corrected chi connectivity index (χ3v) is 4.80. The lowest BCUT2D eigenvalue weighted by molar-refractivity contribution is -0.126. The molecule has 128 valence electrons. The molecule has 1 atom stereocenters. The van der Waals surface area contributed by atoms with E-state index in [1.807, 2.05) is 30.0 Å². The van der Waals surface area contributed by atoms with Gasteiger partial charge < -0.3 is 10.6 Å². The fraction of sp³-hybridized carbons (Fsp3) is 0.611. The lowest BCUT2D eigenvalue weighted by Gasteiger charge is -2.33. The lowest BCUT2D eigenvalue weighted by Crippen LogP contribution is -2.46. The van der Waals surface area contributed by atoms with Gasteiger partial charge in [-0.15, -0.1) is 0 Å². The van der Waals surface area contributed by atoms with Gasteiger partial charge in [0, 0.05) is 43.2 Å². The summed E-state index contributed by atoms with van der Waals surface area (Å²) in [5, 5.41) is 6.51. The Morgan fingerprint density at radius 2 is 1.83 bits per heavy atom. The van der Waals surface area contributed by atoms with E-state index in [1.165, 1.54) is 0 Å². The minimum absolute atomic E-state index is 0.0770. The molecule has 0 aromatic heterocycles. The quantitative estimate of drug-likeness (QED) is 0.783. The van der Waals surface area contributed by atoms with Gasteiger partial charge >= 0.3 is 0 Å². The molecule has 0 bridgehead atoms. The van der Waals surface area contributed by atoms with E-state index in [-0.39, 0.29) is 17.5 Å². The first-order valence-corrected chi connectivity index (χ1v) is 9.52. The number of hydrogen-bond donors (Lipinski definition) is 2. The predicted molar refractivity (Wildman–Crippen MR) is 98.8 cm³/mol. The first-order valence-electron chi connectivity index (χ1n) is 8.37. The van der Waals surface area contributed by atoms with Crippen molar-refractivity contribution in [1.29, 1.82) is 0 Å². The largest absolute Gasteiger partial charge is 0.353 e. The molecule has 1 aliphatic heterocycles. The van der Waals surface area contributed by atoms with Crippen LogP contribution in [0.5, 0.6) is 0 Å². The summed E-state index contributed by atoms with van der Waals surface area (Å²) in [6.45, 7) is 9.78. The Morgan fingerprint density at radius 3 is 2.43 bits per heavy atom. The maximum Gasteiger partial charge on any atom is 0.242 e. The highest BCUT2D eigenvalue weighted by atomic mass is 32.2. The summed E-state index contributed by atoms with van der Waals surface area (Å²) in [6.07, 6.45) is 0. The maximum absolute atomic E-state index is 12.8. The second kappa shape index (κ2) is 8.71. The molecule has 2 rings (SSSR count). The van der Waals surface area contributed by atoms with Crippen molar-refractivity contribution in [1.82, 2.24) is 15.5 Å². The van der Waals surface area contributed by atoms with Crippen LogP contribution in [0, 0.1) is 0 Å². The Labute approximate surface area is 144 Å². The van der Waals surface area contributed by atoms with Crippen molar-refractivity contribution in [3.8, 4) is 0 Å². The van der Waals surface area contributed by atoms with Gasteiger partial charge in [-0.1, -0.05) is 30.3 Å². The zero-order valence-corrected chi connectivity index (χ0v) is 15.3. The molecule has 2 N–H and O–H groups in total. The highest BCUT2D eigenvalue weighted by Crippen LogP contribution is 2.24. The van der Waals surface area contributed by atoms with Crippen LogP contribution in [0.3, 0.4) is 0 Å². The highest BCUT2D eigenvalue weighted by molar-refractivity contribution is 7.99. The van der Waals surface area contributed by atoms with Crippen LogP contribution in [-0.4, -0.2) is 54.0 Å². The van der Waals surface area contributed by atoms with Gasteiger partial charge in [0.15, 0.2) is 0 Å². The Morgan fingerprint density at radius 1 is 1.17 bits per heavy atom. The van der Waals surface area contributed by atoms with Gasteiger partial charge in [0.2, 0.25) is 5.91 Å². The summed E-state index contributed by atoms with van der Waals surface area (Å²) in [7, 11) is 0. The molecular formula is C18H29N3OS. The fourth-order valence-electron chi connectivity index (χ4n) is 2.72. The van der Waals surface area contributed by atoms with Crippen LogP contribution in [0.2, 0.25) is 0 Å². The van der Waals surface area contributed by atoms with Crippen molar-refractivity contribution in [2.75, 3.05) is 37.7 Å². The Kier molecular flexibility index (Phi) is 6.93. The third kappa shape index (κ3) is 6.16. The SMILES string of the molecule is CC(C)(C)NCCNC(=O)C(c1ccccc1)N1CCSCC1. The summed E-state index contributed by atoms with van der Waals surface area (Å²) in [5.41, 5.74) is 1.16. The highest BCUT2D eigenvalue weighted by Gasteiger charge is 2.28. The average Bonchev–Trinajstić information content (AvgIpc) is 2.53. The summed E-state index contributed by atoms with van der Waals surface area (Å²) in [4.78, 5) is 15.1. The van der Waals surface area contributed by atoms with Crippen LogP contribution in [0.4, 0.5) is 0 Å². The van der Waals surface area contributed by atoms with Gasteiger partial charge in [-0.2, -0.15) is 11.8 Å². The van der Waals surface area contributed by atoms with Crippen molar-refractivity contribution in [3.05, 3.63) is 35.9 Å². The van der Waals surface area contributed by atoms with Gasteiger partial charge in [0.1, 0.15) is 6.04 Å². The molecule has 1 aliphatic rings. The molecule has 0 radical (unpaired) electrons. The third-order valence-electron chi connectivity index (χ3n) is 3.85. The van der Waals surface area contributed by atoms with Gasteiger partial charge in [-0.05, 0) is 26.3 Å². The van der Waals surface area contributed by atoms with E-state index in [0.717, 1.165) is 36.7 Å². The number of carbonyl (C=O) groups is 1. The molecule has 1 saturated heterocycles.